The van der Waals surface area contributed by atoms with E-state index in [-0.39, 0.29) is 24.9 Å². The highest BCUT2D eigenvalue weighted by atomic mass is 35.5. The molecule has 2 aromatic rings. The molecule has 0 radical (unpaired) electrons. The van der Waals surface area contributed by atoms with Crippen molar-refractivity contribution in [1.82, 2.24) is 4.90 Å². The molecular formula is C17H20ClNO4. The van der Waals surface area contributed by atoms with Crippen LogP contribution in [0.4, 0.5) is 0 Å². The molecule has 1 amide bonds. The molecule has 1 aliphatic rings. The molecule has 124 valence electrons. The number of aryl methyl sites for hydroxylation is 3. The first-order valence-corrected chi connectivity index (χ1v) is 7.41. The zero-order valence-corrected chi connectivity index (χ0v) is 14.2. The van der Waals surface area contributed by atoms with E-state index in [0.29, 0.717) is 18.7 Å². The second kappa shape index (κ2) is 6.24. The molecule has 1 fully saturated rings. The highest BCUT2D eigenvalue weighted by Gasteiger charge is 2.33. The Hall–Kier alpha value is -2.01. The van der Waals surface area contributed by atoms with Crippen molar-refractivity contribution in [2.75, 3.05) is 13.1 Å². The maximum absolute atomic E-state index is 12.7. The average molecular weight is 338 g/mol. The van der Waals surface area contributed by atoms with Crippen molar-refractivity contribution >= 4 is 35.3 Å². The Labute approximate surface area is 140 Å². The average Bonchev–Trinajstić information content (AvgIpc) is 3.08. The summed E-state index contributed by atoms with van der Waals surface area (Å²) in [6.45, 7) is 6.55. The molecule has 1 unspecified atom stereocenters. The summed E-state index contributed by atoms with van der Waals surface area (Å²) in [5.74, 6) is -1.20. The van der Waals surface area contributed by atoms with Gasteiger partial charge in [-0.1, -0.05) is 12.1 Å². The van der Waals surface area contributed by atoms with E-state index in [1.165, 1.54) is 0 Å². The molecule has 1 saturated heterocycles. The van der Waals surface area contributed by atoms with Crippen LogP contribution >= 0.6 is 12.4 Å². The summed E-state index contributed by atoms with van der Waals surface area (Å²) in [6.07, 6.45) is 0.498. The molecule has 0 aliphatic carbocycles. The van der Waals surface area contributed by atoms with Gasteiger partial charge in [0.1, 0.15) is 5.58 Å². The number of hydrogen-bond donors (Lipinski definition) is 1. The van der Waals surface area contributed by atoms with E-state index in [1.54, 1.807) is 4.90 Å². The number of benzene rings is 1. The van der Waals surface area contributed by atoms with Gasteiger partial charge in [0.05, 0.1) is 5.92 Å². The van der Waals surface area contributed by atoms with Crippen LogP contribution in [-0.4, -0.2) is 35.0 Å². The van der Waals surface area contributed by atoms with Gasteiger partial charge in [0.2, 0.25) is 0 Å². The Bertz CT molecular complexity index is 780. The normalized spacial score (nSPS) is 17.3. The number of furan rings is 1. The Morgan fingerprint density at radius 2 is 1.87 bits per heavy atom. The van der Waals surface area contributed by atoms with Gasteiger partial charge in [0, 0.05) is 24.0 Å². The molecule has 3 rings (SSSR count). The number of hydrogen-bond acceptors (Lipinski definition) is 3. The number of nitrogens with zero attached hydrogens (tertiary/aromatic N) is 1. The molecular weight excluding hydrogens is 318 g/mol. The summed E-state index contributed by atoms with van der Waals surface area (Å²) >= 11 is 0. The van der Waals surface area contributed by atoms with Crippen LogP contribution < -0.4 is 0 Å². The lowest BCUT2D eigenvalue weighted by molar-refractivity contribution is -0.141. The first-order chi connectivity index (χ1) is 10.4. The maximum Gasteiger partial charge on any atom is 0.308 e. The van der Waals surface area contributed by atoms with Crippen molar-refractivity contribution in [3.63, 3.8) is 0 Å². The van der Waals surface area contributed by atoms with Crippen molar-refractivity contribution in [2.24, 2.45) is 5.92 Å². The molecule has 0 bridgehead atoms. The number of carbonyl (C=O) groups is 2. The van der Waals surface area contributed by atoms with E-state index in [9.17, 15) is 9.59 Å². The molecule has 0 saturated carbocycles. The predicted octanol–water partition coefficient (Wildman–Crippen LogP) is 3.33. The summed E-state index contributed by atoms with van der Waals surface area (Å²) in [5, 5.41) is 10.0. The monoisotopic (exact) mass is 337 g/mol. The fourth-order valence-electron chi connectivity index (χ4n) is 3.17. The molecule has 23 heavy (non-hydrogen) atoms. The Balaban J connectivity index is 0.00000192. The lowest BCUT2D eigenvalue weighted by atomic mass is 10.0. The number of carboxylic acid groups (broad SMARTS) is 1. The van der Waals surface area contributed by atoms with Gasteiger partial charge in [0.25, 0.3) is 5.91 Å². The fraction of sp³-hybridized carbons (Fsp3) is 0.412. The molecule has 1 atom stereocenters. The van der Waals surface area contributed by atoms with Gasteiger partial charge in [-0.2, -0.15) is 0 Å². The lowest BCUT2D eigenvalue weighted by Gasteiger charge is -2.14. The third-order valence-corrected chi connectivity index (χ3v) is 4.50. The van der Waals surface area contributed by atoms with Crippen molar-refractivity contribution in [2.45, 2.75) is 27.2 Å². The van der Waals surface area contributed by atoms with Crippen molar-refractivity contribution < 1.29 is 19.1 Å². The Morgan fingerprint density at radius 1 is 1.22 bits per heavy atom. The first kappa shape index (κ1) is 17.3. The van der Waals surface area contributed by atoms with Crippen LogP contribution in [-0.2, 0) is 4.79 Å². The van der Waals surface area contributed by atoms with Crippen LogP contribution in [0.3, 0.4) is 0 Å². The lowest BCUT2D eigenvalue weighted by Crippen LogP contribution is -2.30. The molecule has 5 nitrogen and oxygen atoms in total. The quantitative estimate of drug-likeness (QED) is 0.912. The fourth-order valence-corrected chi connectivity index (χ4v) is 3.17. The minimum atomic E-state index is -0.844. The first-order valence-electron chi connectivity index (χ1n) is 7.41. The standard InChI is InChI=1S/C17H19NO4.ClH/c1-9-4-5-10(2)14-13(9)11(3)15(22-14)16(19)18-7-6-12(8-18)17(20)21;/h4-5,12H,6-8H2,1-3H3,(H,20,21);1H. The summed E-state index contributed by atoms with van der Waals surface area (Å²) in [4.78, 5) is 25.3. The number of aliphatic carboxylic acids is 1. The van der Waals surface area contributed by atoms with E-state index >= 15 is 0 Å². The van der Waals surface area contributed by atoms with Gasteiger partial charge in [-0.3, -0.25) is 9.59 Å². The van der Waals surface area contributed by atoms with Crippen LogP contribution in [0.2, 0.25) is 0 Å². The van der Waals surface area contributed by atoms with E-state index in [1.807, 2.05) is 32.9 Å². The number of halogens is 1. The van der Waals surface area contributed by atoms with E-state index in [4.69, 9.17) is 9.52 Å². The Kier molecular flexibility index (Phi) is 4.71. The van der Waals surface area contributed by atoms with Crippen molar-refractivity contribution in [1.29, 1.82) is 0 Å². The van der Waals surface area contributed by atoms with Gasteiger partial charge in [-0.25, -0.2) is 0 Å². The number of amides is 1. The number of carboxylic acids is 1. The van der Waals surface area contributed by atoms with Crippen molar-refractivity contribution in [3.05, 3.63) is 34.6 Å². The topological polar surface area (TPSA) is 70.8 Å². The minimum Gasteiger partial charge on any atom is -0.481 e. The summed E-state index contributed by atoms with van der Waals surface area (Å²) in [6, 6.07) is 4.00. The van der Waals surface area contributed by atoms with Gasteiger partial charge < -0.3 is 14.4 Å². The summed E-state index contributed by atoms with van der Waals surface area (Å²) in [5.41, 5.74) is 3.65. The highest BCUT2D eigenvalue weighted by Crippen LogP contribution is 2.32. The smallest absolute Gasteiger partial charge is 0.308 e. The van der Waals surface area contributed by atoms with Crippen LogP contribution in [0.5, 0.6) is 0 Å². The molecule has 1 aromatic heterocycles. The second-order valence-corrected chi connectivity index (χ2v) is 6.03. The number of likely N-dealkylation sites (tertiary alicyclic amines) is 1. The minimum absolute atomic E-state index is 0. The van der Waals surface area contributed by atoms with Gasteiger partial charge >= 0.3 is 5.97 Å². The molecule has 0 spiro atoms. The van der Waals surface area contributed by atoms with Gasteiger partial charge in [-0.05, 0) is 38.3 Å². The highest BCUT2D eigenvalue weighted by molar-refractivity contribution is 6.00. The predicted molar refractivity (Wildman–Crippen MR) is 89.3 cm³/mol. The summed E-state index contributed by atoms with van der Waals surface area (Å²) in [7, 11) is 0. The third-order valence-electron chi connectivity index (χ3n) is 4.50. The zero-order chi connectivity index (χ0) is 16.0. The molecule has 1 aromatic carbocycles. The van der Waals surface area contributed by atoms with Gasteiger partial charge in [-0.15, -0.1) is 12.4 Å². The largest absolute Gasteiger partial charge is 0.481 e. The number of fused-ring (bicyclic) bond motifs is 1. The van der Waals surface area contributed by atoms with Gasteiger partial charge in [0.15, 0.2) is 5.76 Å². The summed E-state index contributed by atoms with van der Waals surface area (Å²) < 4.78 is 5.84. The van der Waals surface area contributed by atoms with E-state index in [0.717, 1.165) is 27.7 Å². The second-order valence-electron chi connectivity index (χ2n) is 6.03. The molecule has 6 heteroatoms. The molecule has 1 aliphatic heterocycles. The van der Waals surface area contributed by atoms with Crippen LogP contribution in [0, 0.1) is 26.7 Å². The number of carbonyl (C=O) groups excluding carboxylic acids is 1. The maximum atomic E-state index is 12.7. The zero-order valence-electron chi connectivity index (χ0n) is 13.4. The third kappa shape index (κ3) is 2.81. The van der Waals surface area contributed by atoms with Crippen molar-refractivity contribution in [3.8, 4) is 0 Å². The van der Waals surface area contributed by atoms with E-state index < -0.39 is 11.9 Å². The van der Waals surface area contributed by atoms with Crippen LogP contribution in [0.25, 0.3) is 11.0 Å². The van der Waals surface area contributed by atoms with Crippen LogP contribution in [0.15, 0.2) is 16.5 Å². The van der Waals surface area contributed by atoms with E-state index in [2.05, 4.69) is 0 Å². The number of rotatable bonds is 2. The SMILES string of the molecule is Cc1ccc(C)c2c(C)c(C(=O)N3CCC(C(=O)O)C3)oc12.Cl. The molecule has 1 N–H and O–H groups in total. The Morgan fingerprint density at radius 3 is 2.43 bits per heavy atom. The van der Waals surface area contributed by atoms with Crippen LogP contribution in [0.1, 0.15) is 33.7 Å². The molecule has 2 heterocycles.